The van der Waals surface area contributed by atoms with Crippen LogP contribution in [-0.2, 0) is 16.0 Å². The van der Waals surface area contributed by atoms with Gasteiger partial charge in [0.1, 0.15) is 5.75 Å². The zero-order valence-electron chi connectivity index (χ0n) is 13.1. The van der Waals surface area contributed by atoms with Gasteiger partial charge in [-0.1, -0.05) is 13.0 Å². The zero-order valence-corrected chi connectivity index (χ0v) is 13.1. The lowest BCUT2D eigenvalue weighted by Crippen LogP contribution is -2.27. The van der Waals surface area contributed by atoms with Gasteiger partial charge in [0.2, 0.25) is 5.91 Å². The average molecular weight is 310 g/mol. The van der Waals surface area contributed by atoms with E-state index in [0.29, 0.717) is 50.6 Å². The summed E-state index contributed by atoms with van der Waals surface area (Å²) in [5.41, 5.74) is 7.54. The van der Waals surface area contributed by atoms with Crippen molar-refractivity contribution in [3.8, 4) is 5.75 Å². The Labute approximate surface area is 131 Å². The Balaban J connectivity index is 2.29. The second kappa shape index (κ2) is 10.9. The van der Waals surface area contributed by atoms with Crippen LogP contribution in [0.25, 0.3) is 0 Å². The maximum Gasteiger partial charge on any atom is 0.220 e. The minimum Gasteiger partial charge on any atom is -0.491 e. The van der Waals surface area contributed by atoms with Gasteiger partial charge in [0.15, 0.2) is 0 Å². The molecule has 0 spiro atoms. The van der Waals surface area contributed by atoms with Crippen LogP contribution in [0.4, 0.5) is 5.69 Å². The van der Waals surface area contributed by atoms with Crippen molar-refractivity contribution in [1.29, 1.82) is 0 Å². The molecular weight excluding hydrogens is 284 g/mol. The van der Waals surface area contributed by atoms with Crippen molar-refractivity contribution in [3.63, 3.8) is 0 Å². The predicted molar refractivity (Wildman–Crippen MR) is 85.9 cm³/mol. The first-order valence-electron chi connectivity index (χ1n) is 7.63. The van der Waals surface area contributed by atoms with E-state index in [1.807, 2.05) is 25.1 Å². The van der Waals surface area contributed by atoms with E-state index in [0.717, 1.165) is 12.0 Å². The van der Waals surface area contributed by atoms with Crippen LogP contribution in [0.15, 0.2) is 18.2 Å². The van der Waals surface area contributed by atoms with Crippen LogP contribution >= 0.6 is 0 Å². The van der Waals surface area contributed by atoms with Crippen molar-refractivity contribution >= 4 is 11.6 Å². The number of hydrogen-bond acceptors (Lipinski definition) is 5. The molecule has 6 heteroatoms. The van der Waals surface area contributed by atoms with E-state index in [9.17, 15) is 4.79 Å². The highest BCUT2D eigenvalue weighted by molar-refractivity contribution is 5.76. The Bertz CT molecular complexity index is 452. The van der Waals surface area contributed by atoms with Crippen LogP contribution < -0.4 is 15.8 Å². The summed E-state index contributed by atoms with van der Waals surface area (Å²) >= 11 is 0. The summed E-state index contributed by atoms with van der Waals surface area (Å²) in [5, 5.41) is 11.3. The number of aliphatic hydroxyl groups is 1. The van der Waals surface area contributed by atoms with E-state index in [-0.39, 0.29) is 12.5 Å². The van der Waals surface area contributed by atoms with Gasteiger partial charge in [0.05, 0.1) is 32.1 Å². The van der Waals surface area contributed by atoms with Gasteiger partial charge in [0.25, 0.3) is 0 Å². The number of ether oxygens (including phenoxy) is 2. The highest BCUT2D eigenvalue weighted by atomic mass is 16.5. The summed E-state index contributed by atoms with van der Waals surface area (Å²) in [6.45, 7) is 3.82. The first-order valence-corrected chi connectivity index (χ1v) is 7.63. The van der Waals surface area contributed by atoms with Crippen LogP contribution in [0.2, 0.25) is 0 Å². The van der Waals surface area contributed by atoms with Crippen molar-refractivity contribution < 1.29 is 19.4 Å². The molecule has 0 aromatic heterocycles. The smallest absolute Gasteiger partial charge is 0.220 e. The van der Waals surface area contributed by atoms with Gasteiger partial charge in [0, 0.05) is 13.0 Å². The maximum absolute atomic E-state index is 11.7. The molecule has 1 amide bonds. The molecule has 0 saturated heterocycles. The number of benzene rings is 1. The number of aryl methyl sites for hydroxylation is 1. The molecule has 1 rings (SSSR count). The summed E-state index contributed by atoms with van der Waals surface area (Å²) in [7, 11) is 0. The summed E-state index contributed by atoms with van der Waals surface area (Å²) in [5.74, 6) is 0.661. The number of amides is 1. The highest BCUT2D eigenvalue weighted by Gasteiger charge is 2.05. The number of nitrogen functional groups attached to an aromatic ring is 1. The van der Waals surface area contributed by atoms with E-state index in [1.54, 1.807) is 0 Å². The average Bonchev–Trinajstić information content (AvgIpc) is 2.52. The number of carbonyl (C=O) groups is 1. The lowest BCUT2D eigenvalue weighted by molar-refractivity contribution is -0.121. The fourth-order valence-electron chi connectivity index (χ4n) is 1.87. The third-order valence-electron chi connectivity index (χ3n) is 2.98. The van der Waals surface area contributed by atoms with Crippen LogP contribution in [0.3, 0.4) is 0 Å². The second-order valence-corrected chi connectivity index (χ2v) is 4.91. The van der Waals surface area contributed by atoms with E-state index >= 15 is 0 Å². The standard InChI is InChI=1S/C16H26N2O4/c1-2-9-22-15-5-3-13(12-14(15)17)4-6-16(20)18-7-10-21-11-8-19/h3,5,12,19H,2,4,6-11,17H2,1H3,(H,18,20). The summed E-state index contributed by atoms with van der Waals surface area (Å²) in [4.78, 5) is 11.7. The Morgan fingerprint density at radius 1 is 1.32 bits per heavy atom. The van der Waals surface area contributed by atoms with Crippen LogP contribution in [0, 0.1) is 0 Å². The predicted octanol–water partition coefficient (Wildman–Crippen LogP) is 1.12. The quantitative estimate of drug-likeness (QED) is 0.420. The minimum absolute atomic E-state index is 0.00661. The molecule has 0 radical (unpaired) electrons. The number of rotatable bonds is 11. The molecule has 0 aliphatic carbocycles. The van der Waals surface area contributed by atoms with Crippen LogP contribution in [-0.4, -0.2) is 44.0 Å². The van der Waals surface area contributed by atoms with Crippen molar-refractivity contribution in [3.05, 3.63) is 23.8 Å². The van der Waals surface area contributed by atoms with E-state index in [2.05, 4.69) is 5.32 Å². The number of nitrogens with two attached hydrogens (primary N) is 1. The molecule has 0 unspecified atom stereocenters. The highest BCUT2D eigenvalue weighted by Crippen LogP contribution is 2.23. The summed E-state index contributed by atoms with van der Waals surface area (Å²) in [6.07, 6.45) is 1.96. The summed E-state index contributed by atoms with van der Waals surface area (Å²) < 4.78 is 10.6. The van der Waals surface area contributed by atoms with Gasteiger partial charge < -0.3 is 25.6 Å². The van der Waals surface area contributed by atoms with Gasteiger partial charge in [-0.05, 0) is 30.5 Å². The first kappa shape index (κ1) is 18.3. The van der Waals surface area contributed by atoms with Gasteiger partial charge in [-0.15, -0.1) is 0 Å². The number of aliphatic hydroxyl groups excluding tert-OH is 1. The molecule has 4 N–H and O–H groups in total. The maximum atomic E-state index is 11.7. The molecule has 0 saturated carbocycles. The topological polar surface area (TPSA) is 93.8 Å². The van der Waals surface area contributed by atoms with Gasteiger partial charge in [-0.3, -0.25) is 4.79 Å². The molecule has 0 atom stereocenters. The third-order valence-corrected chi connectivity index (χ3v) is 2.98. The van der Waals surface area contributed by atoms with E-state index in [4.69, 9.17) is 20.3 Å². The largest absolute Gasteiger partial charge is 0.491 e. The normalized spacial score (nSPS) is 10.5. The monoisotopic (exact) mass is 310 g/mol. The van der Waals surface area contributed by atoms with Crippen molar-refractivity contribution in [1.82, 2.24) is 5.32 Å². The molecule has 0 aliphatic rings. The van der Waals surface area contributed by atoms with Gasteiger partial charge in [-0.25, -0.2) is 0 Å². The zero-order chi connectivity index (χ0) is 16.2. The first-order chi connectivity index (χ1) is 10.7. The SMILES string of the molecule is CCCOc1ccc(CCC(=O)NCCOCCO)cc1N. The fourth-order valence-corrected chi connectivity index (χ4v) is 1.87. The van der Waals surface area contributed by atoms with Crippen LogP contribution in [0.1, 0.15) is 25.3 Å². The molecule has 22 heavy (non-hydrogen) atoms. The molecule has 0 heterocycles. The number of nitrogens with one attached hydrogen (secondary N) is 1. The molecule has 0 fully saturated rings. The fraction of sp³-hybridized carbons (Fsp3) is 0.562. The van der Waals surface area contributed by atoms with Crippen molar-refractivity contribution in [2.75, 3.05) is 38.7 Å². The Morgan fingerprint density at radius 3 is 2.82 bits per heavy atom. The minimum atomic E-state index is -0.0301. The lowest BCUT2D eigenvalue weighted by Gasteiger charge is -2.10. The lowest BCUT2D eigenvalue weighted by atomic mass is 10.1. The van der Waals surface area contributed by atoms with Gasteiger partial charge >= 0.3 is 0 Å². The molecule has 0 aliphatic heterocycles. The van der Waals surface area contributed by atoms with Crippen molar-refractivity contribution in [2.45, 2.75) is 26.2 Å². The Morgan fingerprint density at radius 2 is 2.14 bits per heavy atom. The number of anilines is 1. The third kappa shape index (κ3) is 7.28. The van der Waals surface area contributed by atoms with Gasteiger partial charge in [-0.2, -0.15) is 0 Å². The Kier molecular flexibility index (Phi) is 9.02. The molecule has 0 bridgehead atoms. The second-order valence-electron chi connectivity index (χ2n) is 4.91. The molecule has 1 aromatic carbocycles. The van der Waals surface area contributed by atoms with E-state index in [1.165, 1.54) is 0 Å². The Hall–Kier alpha value is -1.79. The number of carbonyl (C=O) groups excluding carboxylic acids is 1. The van der Waals surface area contributed by atoms with Crippen LogP contribution in [0.5, 0.6) is 5.75 Å². The number of hydrogen-bond donors (Lipinski definition) is 3. The molecular formula is C16H26N2O4. The summed E-state index contributed by atoms with van der Waals surface area (Å²) in [6, 6.07) is 5.63. The molecule has 6 nitrogen and oxygen atoms in total. The van der Waals surface area contributed by atoms with Crippen molar-refractivity contribution in [2.24, 2.45) is 0 Å². The van der Waals surface area contributed by atoms with E-state index < -0.39 is 0 Å². The molecule has 124 valence electrons. The molecule has 1 aromatic rings.